The minimum absolute atomic E-state index is 0.0144. The van der Waals surface area contributed by atoms with Crippen LogP contribution in [0, 0.1) is 46.3 Å². The van der Waals surface area contributed by atoms with Crippen molar-refractivity contribution >= 4 is 22.3 Å². The van der Waals surface area contributed by atoms with Gasteiger partial charge in [-0.2, -0.15) is 0 Å². The smallest absolute Gasteiger partial charge is 0.160 e. The molecular weight excluding hydrogens is 825 g/mol. The second-order valence-electron chi connectivity index (χ2n) is 21.1. The lowest BCUT2D eigenvalue weighted by atomic mass is 9.58. The molecule has 0 amide bonds. The largest absolute Gasteiger partial charge is 0.504 e. The van der Waals surface area contributed by atoms with E-state index in [4.69, 9.17) is 10.5 Å². The lowest BCUT2D eigenvalue weighted by Crippen LogP contribution is -2.53. The fourth-order valence-corrected chi connectivity index (χ4v) is 13.6. The van der Waals surface area contributed by atoms with E-state index >= 15 is 0 Å². The number of phenolic OH excluding ortho intramolecular Hbond substituents is 1. The zero-order chi connectivity index (χ0) is 46.0. The normalized spacial score (nSPS) is 32.0. The first-order valence-electron chi connectivity index (χ1n) is 25.1. The summed E-state index contributed by atoms with van der Waals surface area (Å²) in [5.74, 6) is 9.90. The number of fused-ring (bicyclic) bond motifs is 3. The lowest BCUT2D eigenvalue weighted by molar-refractivity contribution is -0.135. The molecule has 2 aliphatic heterocycles. The Morgan fingerprint density at radius 3 is 2.64 bits per heavy atom. The van der Waals surface area contributed by atoms with Gasteiger partial charge < -0.3 is 41.7 Å². The van der Waals surface area contributed by atoms with Crippen LogP contribution in [0.4, 0.5) is 0 Å². The molecule has 4 aliphatic carbocycles. The van der Waals surface area contributed by atoms with Crippen LogP contribution in [0.15, 0.2) is 78.1 Å². The summed E-state index contributed by atoms with van der Waals surface area (Å²) in [6.45, 7) is 2.58. The van der Waals surface area contributed by atoms with Gasteiger partial charge in [-0.1, -0.05) is 60.4 Å². The van der Waals surface area contributed by atoms with E-state index in [9.17, 15) is 24.9 Å². The number of hydrogen-bond acceptors (Lipinski definition) is 10. The first kappa shape index (κ1) is 46.5. The van der Waals surface area contributed by atoms with Gasteiger partial charge in [0.1, 0.15) is 11.2 Å². The number of aliphatic hydroxyl groups excluding tert-OH is 2. The van der Waals surface area contributed by atoms with Crippen molar-refractivity contribution in [1.82, 2.24) is 16.0 Å². The molecule has 8 N–H and O–H groups in total. The maximum atomic E-state index is 14.6. The summed E-state index contributed by atoms with van der Waals surface area (Å²) in [7, 11) is 3.58. The average Bonchev–Trinajstić information content (AvgIpc) is 3.74. The molecule has 66 heavy (non-hydrogen) atoms. The third-order valence-electron chi connectivity index (χ3n) is 17.1. The zero-order valence-electron chi connectivity index (χ0n) is 39.1. The highest BCUT2D eigenvalue weighted by molar-refractivity contribution is 5.89. The summed E-state index contributed by atoms with van der Waals surface area (Å²) in [6.07, 6.45) is 14.7. The molecule has 9 rings (SSSR count). The number of carbonyl (C=O) groups excluding carboxylic acids is 2. The highest BCUT2D eigenvalue weighted by Crippen LogP contribution is 2.57. The molecule has 0 radical (unpaired) electrons. The number of allylic oxidation sites excluding steroid dienone is 2. The van der Waals surface area contributed by atoms with E-state index in [0.29, 0.717) is 99.1 Å². The van der Waals surface area contributed by atoms with Gasteiger partial charge in [-0.3, -0.25) is 9.59 Å². The molecule has 3 aromatic carbocycles. The molecule has 3 aromatic rings. The van der Waals surface area contributed by atoms with Gasteiger partial charge in [-0.25, -0.2) is 0 Å². The van der Waals surface area contributed by atoms with Crippen LogP contribution >= 0.6 is 0 Å². The summed E-state index contributed by atoms with van der Waals surface area (Å²) in [4.78, 5) is 27.0. The SMILES string of the molecule is CNCC1CCC(CC2CCC3(C#CC(CCC(O)CC(C4=CCNC(N)=C4)c4ccc5ccccc5c4)c4cc(O)c(OC)cc4CCC3=O)C(O)C2)(C2CNC3CC(=O)CCC3C2)C1. The third-order valence-corrected chi connectivity index (χ3v) is 17.1. The number of ether oxygens (including phenoxy) is 1. The van der Waals surface area contributed by atoms with Crippen LogP contribution < -0.4 is 26.4 Å². The minimum atomic E-state index is -1.18. The van der Waals surface area contributed by atoms with E-state index in [2.05, 4.69) is 64.2 Å². The van der Waals surface area contributed by atoms with Gasteiger partial charge in [0.05, 0.1) is 25.1 Å². The van der Waals surface area contributed by atoms with Gasteiger partial charge in [-0.15, -0.1) is 0 Å². The van der Waals surface area contributed by atoms with E-state index in [0.717, 1.165) is 65.4 Å². The summed E-state index contributed by atoms with van der Waals surface area (Å²) < 4.78 is 5.55. The van der Waals surface area contributed by atoms with E-state index in [-0.39, 0.29) is 35.2 Å². The molecule has 10 heteroatoms. The van der Waals surface area contributed by atoms with Gasteiger partial charge in [-0.05, 0) is 184 Å². The maximum absolute atomic E-state index is 14.6. The average molecular weight is 897 g/mol. The number of dihydropyridines is 1. The maximum Gasteiger partial charge on any atom is 0.160 e. The van der Waals surface area contributed by atoms with Crippen molar-refractivity contribution in [2.45, 2.75) is 133 Å². The molecule has 4 fully saturated rings. The summed E-state index contributed by atoms with van der Waals surface area (Å²) in [6, 6.07) is 18.7. The number of carbonyl (C=O) groups is 2. The van der Waals surface area contributed by atoms with E-state index in [1.807, 2.05) is 31.3 Å². The highest BCUT2D eigenvalue weighted by Gasteiger charge is 2.52. The van der Waals surface area contributed by atoms with Crippen LogP contribution in [0.25, 0.3) is 10.8 Å². The molecule has 352 valence electrons. The second kappa shape index (κ2) is 19.9. The Morgan fingerprint density at radius 2 is 1.83 bits per heavy atom. The molecule has 1 saturated heterocycles. The Balaban J connectivity index is 0.955. The highest BCUT2D eigenvalue weighted by atomic mass is 16.5. The number of nitrogens with one attached hydrogen (secondary N) is 3. The Hall–Kier alpha value is -4.66. The van der Waals surface area contributed by atoms with Crippen molar-refractivity contribution in [1.29, 1.82) is 0 Å². The summed E-state index contributed by atoms with van der Waals surface area (Å²) in [5, 5.41) is 48.2. The fraction of sp³-hybridized carbons (Fsp3) is 0.571. The van der Waals surface area contributed by atoms with Gasteiger partial charge in [0.15, 0.2) is 17.3 Å². The monoisotopic (exact) mass is 897 g/mol. The van der Waals surface area contributed by atoms with Crippen LogP contribution in [-0.2, 0) is 16.0 Å². The van der Waals surface area contributed by atoms with Crippen LogP contribution in [-0.4, -0.2) is 78.9 Å². The Morgan fingerprint density at radius 1 is 1.00 bits per heavy atom. The lowest BCUT2D eigenvalue weighted by Gasteiger charge is -2.49. The van der Waals surface area contributed by atoms with Crippen LogP contribution in [0.2, 0.25) is 0 Å². The number of ketones is 2. The predicted octanol–water partition coefficient (Wildman–Crippen LogP) is 7.69. The molecule has 11 atom stereocenters. The van der Waals surface area contributed by atoms with Crippen LogP contribution in [0.1, 0.15) is 125 Å². The number of aliphatic hydroxyl groups is 2. The Kier molecular flexibility index (Phi) is 14.0. The number of piperidine rings is 1. The number of hydrogen-bond donors (Lipinski definition) is 7. The van der Waals surface area contributed by atoms with Crippen LogP contribution in [0.3, 0.4) is 0 Å². The first-order valence-corrected chi connectivity index (χ1v) is 25.1. The molecule has 2 heterocycles. The number of aryl methyl sites for hydroxylation is 1. The molecule has 1 spiro atoms. The molecule has 11 unspecified atom stereocenters. The molecule has 6 aliphatic rings. The molecule has 0 aromatic heterocycles. The van der Waals surface area contributed by atoms with Crippen LogP contribution in [0.5, 0.6) is 11.5 Å². The fourth-order valence-electron chi connectivity index (χ4n) is 13.6. The van der Waals surface area contributed by atoms with Gasteiger partial charge in [0, 0.05) is 43.7 Å². The number of phenols is 1. The molecule has 0 bridgehead atoms. The van der Waals surface area contributed by atoms with Crippen molar-refractivity contribution in [2.24, 2.45) is 40.2 Å². The second-order valence-corrected chi connectivity index (χ2v) is 21.1. The molecule has 10 nitrogen and oxygen atoms in total. The van der Waals surface area contributed by atoms with E-state index in [1.54, 1.807) is 6.07 Å². The van der Waals surface area contributed by atoms with E-state index < -0.39 is 23.5 Å². The Bertz CT molecular complexity index is 2400. The third kappa shape index (κ3) is 9.69. The number of benzene rings is 3. The standard InChI is InChI=1S/C56H72N4O6/c1-58-33-36-15-19-55(32-36,44-25-43-10-13-46(62)29-49(43)60-34-44)31-35-16-20-56(53(65)23-35)21-17-38(48-30-50(63)51(66-2)26-41(48)11-14-52(56)64)9-12-45(61)28-47(42-18-22-59-54(57)27-42)40-8-7-37-5-3-4-6-39(37)24-40/h3-8,18,24,26-27,30,35-36,38,43-45,47,49,53,58-61,63,65H,9-16,19-20,22-23,25,28-29,31-34,57H2,1-2H3. The molecule has 3 saturated carbocycles. The Labute approximate surface area is 391 Å². The van der Waals surface area contributed by atoms with Crippen molar-refractivity contribution in [3.8, 4) is 23.3 Å². The molecular formula is C56H72N4O6. The van der Waals surface area contributed by atoms with Gasteiger partial charge in [0.25, 0.3) is 0 Å². The van der Waals surface area contributed by atoms with Crippen molar-refractivity contribution < 1.29 is 29.6 Å². The van der Waals surface area contributed by atoms with E-state index in [1.165, 1.54) is 32.8 Å². The number of aromatic hydroxyl groups is 1. The quantitative estimate of drug-likeness (QED) is 0.0847. The number of nitrogens with two attached hydrogens (primary N) is 1. The zero-order valence-corrected chi connectivity index (χ0v) is 39.1. The summed E-state index contributed by atoms with van der Waals surface area (Å²) >= 11 is 0. The minimum Gasteiger partial charge on any atom is -0.504 e. The number of Topliss-reactive ketones (excluding diaryl/α,β-unsaturated/α-hetero) is 2. The van der Waals surface area contributed by atoms with Gasteiger partial charge in [0.2, 0.25) is 0 Å². The van der Waals surface area contributed by atoms with Crippen molar-refractivity contribution in [3.63, 3.8) is 0 Å². The number of rotatable bonds is 13. The van der Waals surface area contributed by atoms with Gasteiger partial charge >= 0.3 is 0 Å². The number of methoxy groups -OCH3 is 1. The predicted molar refractivity (Wildman–Crippen MR) is 260 cm³/mol. The summed E-state index contributed by atoms with van der Waals surface area (Å²) in [5.41, 5.74) is 9.19. The first-order chi connectivity index (χ1) is 32.0. The van der Waals surface area contributed by atoms with Crippen molar-refractivity contribution in [3.05, 3.63) is 94.8 Å². The topological polar surface area (TPSA) is 166 Å². The van der Waals surface area contributed by atoms with Crippen molar-refractivity contribution in [2.75, 3.05) is 33.8 Å².